The van der Waals surface area contributed by atoms with Gasteiger partial charge in [-0.3, -0.25) is 0 Å². The third kappa shape index (κ3) is 5.58. The highest BCUT2D eigenvalue weighted by Gasteiger charge is 2.24. The van der Waals surface area contributed by atoms with Gasteiger partial charge in [-0.15, -0.1) is 0 Å². The molecule has 1 N–H and O–H groups in total. The Labute approximate surface area is 106 Å². The molecule has 96 valence electrons. The molecule has 1 saturated carbocycles. The molecule has 0 spiro atoms. The van der Waals surface area contributed by atoms with Crippen molar-refractivity contribution < 1.29 is 0 Å². The van der Waals surface area contributed by atoms with Gasteiger partial charge in [0.25, 0.3) is 0 Å². The normalized spacial score (nSPS) is 19.5. The van der Waals surface area contributed by atoms with E-state index in [1.54, 1.807) is 0 Å². The number of nitrogens with one attached hydrogen (secondary N) is 1. The first-order chi connectivity index (χ1) is 7.74. The van der Waals surface area contributed by atoms with Crippen LogP contribution in [-0.4, -0.2) is 24.6 Å². The van der Waals surface area contributed by atoms with Crippen LogP contribution in [0.4, 0.5) is 0 Å². The van der Waals surface area contributed by atoms with Gasteiger partial charge in [0.05, 0.1) is 0 Å². The summed E-state index contributed by atoms with van der Waals surface area (Å²) in [6, 6.07) is 0.643. The minimum Gasteiger partial charge on any atom is -0.314 e. The van der Waals surface area contributed by atoms with Crippen molar-refractivity contribution in [2.75, 3.05) is 18.6 Å². The quantitative estimate of drug-likeness (QED) is 0.648. The zero-order chi connectivity index (χ0) is 11.8. The predicted octanol–water partition coefficient (Wildman–Crippen LogP) is 3.93. The number of thioether (sulfide) groups is 1. The minimum absolute atomic E-state index is 0.643. The molecule has 1 fully saturated rings. The Bertz CT molecular complexity index is 164. The average Bonchev–Trinajstić information content (AvgIpc) is 2.76. The van der Waals surface area contributed by atoms with E-state index < -0.39 is 0 Å². The Kier molecular flexibility index (Phi) is 7.55. The molecule has 1 aliphatic rings. The molecular formula is C14H29NS. The highest BCUT2D eigenvalue weighted by Crippen LogP contribution is 2.33. The Balaban J connectivity index is 2.28. The maximum absolute atomic E-state index is 3.64. The second-order valence-electron chi connectivity index (χ2n) is 5.50. The lowest BCUT2D eigenvalue weighted by Gasteiger charge is -2.25. The smallest absolute Gasteiger partial charge is 0.00104 e. The largest absolute Gasteiger partial charge is 0.314 e. The molecule has 0 radical (unpaired) electrons. The van der Waals surface area contributed by atoms with E-state index in [0.29, 0.717) is 6.04 Å². The van der Waals surface area contributed by atoms with E-state index in [1.165, 1.54) is 50.8 Å². The molecule has 1 atom stereocenters. The van der Waals surface area contributed by atoms with Crippen LogP contribution in [0.2, 0.25) is 0 Å². The summed E-state index contributed by atoms with van der Waals surface area (Å²) in [5.74, 6) is 3.30. The second kappa shape index (κ2) is 8.41. The van der Waals surface area contributed by atoms with Gasteiger partial charge in [-0.2, -0.15) is 11.8 Å². The van der Waals surface area contributed by atoms with Crippen LogP contribution in [-0.2, 0) is 0 Å². The Morgan fingerprint density at radius 3 is 2.50 bits per heavy atom. The van der Waals surface area contributed by atoms with E-state index >= 15 is 0 Å². The van der Waals surface area contributed by atoms with Crippen LogP contribution in [0.25, 0.3) is 0 Å². The lowest BCUT2D eigenvalue weighted by atomic mass is 9.87. The fraction of sp³-hybridized carbons (Fsp3) is 1.00. The molecule has 1 aliphatic carbocycles. The summed E-state index contributed by atoms with van der Waals surface area (Å²) in [6.07, 6.45) is 11.0. The van der Waals surface area contributed by atoms with Crippen LogP contribution in [0.3, 0.4) is 0 Å². The lowest BCUT2D eigenvalue weighted by molar-refractivity contribution is 0.296. The summed E-state index contributed by atoms with van der Waals surface area (Å²) >= 11 is 1.99. The van der Waals surface area contributed by atoms with Crippen LogP contribution in [0.15, 0.2) is 0 Å². The van der Waals surface area contributed by atoms with Crippen molar-refractivity contribution in [2.24, 2.45) is 11.8 Å². The van der Waals surface area contributed by atoms with Crippen molar-refractivity contribution in [1.29, 1.82) is 0 Å². The summed E-state index contributed by atoms with van der Waals surface area (Å²) in [5, 5.41) is 3.64. The highest BCUT2D eigenvalue weighted by atomic mass is 32.2. The third-order valence-electron chi connectivity index (χ3n) is 3.78. The van der Waals surface area contributed by atoms with Gasteiger partial charge in [-0.1, -0.05) is 39.5 Å². The zero-order valence-electron chi connectivity index (χ0n) is 11.3. The van der Waals surface area contributed by atoms with Crippen LogP contribution < -0.4 is 5.32 Å². The maximum Gasteiger partial charge on any atom is 0.00104 e. The summed E-state index contributed by atoms with van der Waals surface area (Å²) in [5.41, 5.74) is 0. The molecule has 1 rings (SSSR count). The SMILES string of the molecule is CSCCCC(CNC(C)C)C1CCCC1. The minimum atomic E-state index is 0.643. The molecule has 1 nitrogen and oxygen atoms in total. The molecule has 1 unspecified atom stereocenters. The first kappa shape index (κ1) is 14.4. The van der Waals surface area contributed by atoms with Crippen molar-refractivity contribution in [3.05, 3.63) is 0 Å². The monoisotopic (exact) mass is 243 g/mol. The van der Waals surface area contributed by atoms with Crippen molar-refractivity contribution >= 4 is 11.8 Å². The molecular weight excluding hydrogens is 214 g/mol. The van der Waals surface area contributed by atoms with Crippen molar-refractivity contribution in [1.82, 2.24) is 5.32 Å². The van der Waals surface area contributed by atoms with E-state index in [2.05, 4.69) is 25.4 Å². The van der Waals surface area contributed by atoms with Crippen LogP contribution in [0.5, 0.6) is 0 Å². The molecule has 2 heteroatoms. The van der Waals surface area contributed by atoms with Crippen LogP contribution in [0.1, 0.15) is 52.4 Å². The standard InChI is InChI=1S/C14H29NS/c1-12(2)15-11-14(9-6-10-16-3)13-7-4-5-8-13/h12-15H,4-11H2,1-3H3. The van der Waals surface area contributed by atoms with E-state index in [9.17, 15) is 0 Å². The number of hydrogen-bond donors (Lipinski definition) is 1. The van der Waals surface area contributed by atoms with Gasteiger partial charge in [0.15, 0.2) is 0 Å². The molecule has 0 amide bonds. The topological polar surface area (TPSA) is 12.0 Å². The zero-order valence-corrected chi connectivity index (χ0v) is 12.1. The summed E-state index contributed by atoms with van der Waals surface area (Å²) in [6.45, 7) is 5.76. The average molecular weight is 243 g/mol. The van der Waals surface area contributed by atoms with E-state index in [0.717, 1.165) is 11.8 Å². The van der Waals surface area contributed by atoms with E-state index in [1.807, 2.05) is 11.8 Å². The van der Waals surface area contributed by atoms with Gasteiger partial charge in [-0.05, 0) is 43.2 Å². The number of rotatable bonds is 8. The Hall–Kier alpha value is 0.310. The van der Waals surface area contributed by atoms with Crippen molar-refractivity contribution in [3.63, 3.8) is 0 Å². The van der Waals surface area contributed by atoms with Gasteiger partial charge in [-0.25, -0.2) is 0 Å². The molecule has 16 heavy (non-hydrogen) atoms. The first-order valence-electron chi connectivity index (χ1n) is 6.96. The predicted molar refractivity (Wildman–Crippen MR) is 76.2 cm³/mol. The molecule has 0 saturated heterocycles. The van der Waals surface area contributed by atoms with Gasteiger partial charge in [0.1, 0.15) is 0 Å². The highest BCUT2D eigenvalue weighted by molar-refractivity contribution is 7.98. The summed E-state index contributed by atoms with van der Waals surface area (Å²) in [4.78, 5) is 0. The summed E-state index contributed by atoms with van der Waals surface area (Å²) < 4.78 is 0. The van der Waals surface area contributed by atoms with Crippen molar-refractivity contribution in [2.45, 2.75) is 58.4 Å². The van der Waals surface area contributed by atoms with Crippen LogP contribution in [0, 0.1) is 11.8 Å². The first-order valence-corrected chi connectivity index (χ1v) is 8.35. The lowest BCUT2D eigenvalue weighted by Crippen LogP contribution is -2.32. The maximum atomic E-state index is 3.64. The molecule has 0 bridgehead atoms. The third-order valence-corrected chi connectivity index (χ3v) is 4.48. The van der Waals surface area contributed by atoms with Gasteiger partial charge in [0, 0.05) is 6.04 Å². The molecule has 0 aromatic rings. The fourth-order valence-electron chi connectivity index (χ4n) is 2.81. The number of hydrogen-bond acceptors (Lipinski definition) is 2. The second-order valence-corrected chi connectivity index (χ2v) is 6.49. The van der Waals surface area contributed by atoms with Gasteiger partial charge in [0.2, 0.25) is 0 Å². The Morgan fingerprint density at radius 1 is 1.25 bits per heavy atom. The Morgan fingerprint density at radius 2 is 1.94 bits per heavy atom. The van der Waals surface area contributed by atoms with Gasteiger partial charge >= 0.3 is 0 Å². The molecule has 0 aliphatic heterocycles. The summed E-state index contributed by atoms with van der Waals surface area (Å²) in [7, 11) is 0. The van der Waals surface area contributed by atoms with Crippen molar-refractivity contribution in [3.8, 4) is 0 Å². The van der Waals surface area contributed by atoms with Gasteiger partial charge < -0.3 is 5.32 Å². The molecule has 0 aromatic carbocycles. The molecule has 0 heterocycles. The van der Waals surface area contributed by atoms with E-state index in [4.69, 9.17) is 0 Å². The fourth-order valence-corrected chi connectivity index (χ4v) is 3.27. The van der Waals surface area contributed by atoms with E-state index in [-0.39, 0.29) is 0 Å². The molecule has 0 aromatic heterocycles. The van der Waals surface area contributed by atoms with Crippen LogP contribution >= 0.6 is 11.8 Å².